The predicted molar refractivity (Wildman–Crippen MR) is 87.6 cm³/mol. The van der Waals surface area contributed by atoms with E-state index in [-0.39, 0.29) is 23.9 Å². The number of aromatic nitrogens is 2. The molecule has 1 aromatic rings. The molecule has 0 radical (unpaired) electrons. The molecule has 1 aliphatic heterocycles. The van der Waals surface area contributed by atoms with Gasteiger partial charge in [0.2, 0.25) is 5.91 Å². The van der Waals surface area contributed by atoms with Gasteiger partial charge in [0.15, 0.2) is 0 Å². The molecule has 22 heavy (non-hydrogen) atoms. The normalized spacial score (nSPS) is 18.8. The molecule has 2 heterocycles. The van der Waals surface area contributed by atoms with Crippen molar-refractivity contribution in [3.05, 3.63) is 18.1 Å². The third kappa shape index (κ3) is 4.16. The highest BCUT2D eigenvalue weighted by molar-refractivity contribution is 5.79. The third-order valence-corrected chi connectivity index (χ3v) is 4.44. The van der Waals surface area contributed by atoms with Crippen molar-refractivity contribution in [1.29, 1.82) is 0 Å². The minimum atomic E-state index is -0.146. The summed E-state index contributed by atoms with van der Waals surface area (Å²) in [5.74, 6) is 0.899. The Balaban J connectivity index is 1.86. The van der Waals surface area contributed by atoms with Crippen LogP contribution in [0.2, 0.25) is 0 Å². The van der Waals surface area contributed by atoms with Gasteiger partial charge in [0.25, 0.3) is 0 Å². The highest BCUT2D eigenvalue weighted by Crippen LogP contribution is 2.18. The van der Waals surface area contributed by atoms with Gasteiger partial charge in [-0.3, -0.25) is 4.79 Å². The molecule has 2 rings (SSSR count). The number of rotatable bonds is 5. The molecule has 2 unspecified atom stereocenters. The second-order valence-corrected chi connectivity index (χ2v) is 6.14. The van der Waals surface area contributed by atoms with E-state index in [0.717, 1.165) is 43.9 Å². The number of carbonyl (C=O) groups excluding carboxylic acids is 1. The maximum atomic E-state index is 12.1. The number of aryl methyl sites for hydroxylation is 1. The Morgan fingerprint density at radius 1 is 1.41 bits per heavy atom. The first-order valence-electron chi connectivity index (χ1n) is 8.13. The van der Waals surface area contributed by atoms with E-state index in [4.69, 9.17) is 5.73 Å². The lowest BCUT2D eigenvalue weighted by molar-refractivity contribution is -0.125. The van der Waals surface area contributed by atoms with Crippen LogP contribution in [0.3, 0.4) is 0 Å². The van der Waals surface area contributed by atoms with Crippen molar-refractivity contribution in [1.82, 2.24) is 15.3 Å². The van der Waals surface area contributed by atoms with Gasteiger partial charge in [0.05, 0.1) is 0 Å². The lowest BCUT2D eigenvalue weighted by Crippen LogP contribution is -2.48. The molecule has 0 aromatic carbocycles. The summed E-state index contributed by atoms with van der Waals surface area (Å²) in [7, 11) is 0. The van der Waals surface area contributed by atoms with Crippen LogP contribution in [0, 0.1) is 5.92 Å². The van der Waals surface area contributed by atoms with Gasteiger partial charge in [0.1, 0.15) is 12.1 Å². The number of nitrogens with two attached hydrogens (primary N) is 1. The quantitative estimate of drug-likeness (QED) is 0.851. The van der Waals surface area contributed by atoms with Crippen LogP contribution in [0.5, 0.6) is 0 Å². The van der Waals surface area contributed by atoms with Gasteiger partial charge in [-0.2, -0.15) is 0 Å². The summed E-state index contributed by atoms with van der Waals surface area (Å²) in [5.41, 5.74) is 6.85. The van der Waals surface area contributed by atoms with Crippen molar-refractivity contribution < 1.29 is 4.79 Å². The number of anilines is 1. The summed E-state index contributed by atoms with van der Waals surface area (Å²) >= 11 is 0. The molecule has 1 fully saturated rings. The zero-order valence-electron chi connectivity index (χ0n) is 13.7. The maximum Gasteiger partial charge on any atom is 0.224 e. The van der Waals surface area contributed by atoms with Crippen molar-refractivity contribution in [3.8, 4) is 0 Å². The monoisotopic (exact) mass is 305 g/mol. The fraction of sp³-hybridized carbons (Fsp3) is 0.688. The second kappa shape index (κ2) is 7.54. The molecular formula is C16H27N5O. The van der Waals surface area contributed by atoms with Crippen molar-refractivity contribution in [2.75, 3.05) is 18.0 Å². The molecule has 0 aliphatic carbocycles. The van der Waals surface area contributed by atoms with Crippen molar-refractivity contribution in [3.63, 3.8) is 0 Å². The molecule has 6 nitrogen and oxygen atoms in total. The van der Waals surface area contributed by atoms with Crippen LogP contribution in [0.25, 0.3) is 0 Å². The first-order chi connectivity index (χ1) is 10.5. The first-order valence-corrected chi connectivity index (χ1v) is 8.13. The van der Waals surface area contributed by atoms with E-state index in [1.165, 1.54) is 0 Å². The van der Waals surface area contributed by atoms with E-state index < -0.39 is 0 Å². The molecule has 0 saturated carbocycles. The van der Waals surface area contributed by atoms with Gasteiger partial charge in [0, 0.05) is 42.9 Å². The third-order valence-electron chi connectivity index (χ3n) is 4.44. The van der Waals surface area contributed by atoms with Gasteiger partial charge < -0.3 is 16.0 Å². The van der Waals surface area contributed by atoms with E-state index in [0.29, 0.717) is 0 Å². The van der Waals surface area contributed by atoms with Gasteiger partial charge in [-0.05, 0) is 26.2 Å². The summed E-state index contributed by atoms with van der Waals surface area (Å²) in [6, 6.07) is 2.17. The Hall–Kier alpha value is -1.69. The molecule has 2 atom stereocenters. The molecule has 1 saturated heterocycles. The Morgan fingerprint density at radius 3 is 2.68 bits per heavy atom. The van der Waals surface area contributed by atoms with Crippen LogP contribution in [-0.2, 0) is 11.2 Å². The lowest BCUT2D eigenvalue weighted by Gasteiger charge is -2.33. The highest BCUT2D eigenvalue weighted by atomic mass is 16.2. The Labute approximate surface area is 132 Å². The molecule has 0 spiro atoms. The smallest absolute Gasteiger partial charge is 0.224 e. The van der Waals surface area contributed by atoms with Gasteiger partial charge in [-0.15, -0.1) is 0 Å². The number of nitrogens with zero attached hydrogens (tertiary/aromatic N) is 3. The van der Waals surface area contributed by atoms with Crippen LogP contribution in [0.1, 0.15) is 39.3 Å². The number of amides is 1. The van der Waals surface area contributed by atoms with E-state index in [1.807, 2.05) is 13.8 Å². The van der Waals surface area contributed by atoms with Crippen molar-refractivity contribution in [2.45, 2.75) is 52.1 Å². The molecule has 6 heteroatoms. The Bertz CT molecular complexity index is 497. The standard InChI is InChI=1S/C16H27N5O/c1-4-13-9-15(19-10-18-13)21-7-5-14(6-8-21)20-16(22)11(2)12(3)17/h9-12,14H,4-8,17H2,1-3H3,(H,20,22). The number of carbonyl (C=O) groups is 1. The molecule has 1 aromatic heterocycles. The average Bonchev–Trinajstić information content (AvgIpc) is 2.54. The van der Waals surface area contributed by atoms with E-state index in [1.54, 1.807) is 6.33 Å². The minimum absolute atomic E-state index is 0.0590. The summed E-state index contributed by atoms with van der Waals surface area (Å²) in [6.07, 6.45) is 4.41. The number of hydrogen-bond acceptors (Lipinski definition) is 5. The van der Waals surface area contributed by atoms with Crippen LogP contribution < -0.4 is 16.0 Å². The topological polar surface area (TPSA) is 84.1 Å². The van der Waals surface area contributed by atoms with Crippen LogP contribution in [0.4, 0.5) is 5.82 Å². The predicted octanol–water partition coefficient (Wildman–Crippen LogP) is 1.11. The van der Waals surface area contributed by atoms with E-state index in [2.05, 4.69) is 33.2 Å². The van der Waals surface area contributed by atoms with Crippen LogP contribution in [0.15, 0.2) is 12.4 Å². The Kier molecular flexibility index (Phi) is 5.71. The van der Waals surface area contributed by atoms with Gasteiger partial charge >= 0.3 is 0 Å². The highest BCUT2D eigenvalue weighted by Gasteiger charge is 2.24. The number of hydrogen-bond donors (Lipinski definition) is 2. The van der Waals surface area contributed by atoms with Crippen LogP contribution >= 0.6 is 0 Å². The van der Waals surface area contributed by atoms with Crippen LogP contribution in [-0.4, -0.2) is 41.0 Å². The van der Waals surface area contributed by atoms with Crippen molar-refractivity contribution >= 4 is 11.7 Å². The minimum Gasteiger partial charge on any atom is -0.356 e. The lowest BCUT2D eigenvalue weighted by atomic mass is 10.0. The molecule has 3 N–H and O–H groups in total. The van der Waals surface area contributed by atoms with Crippen molar-refractivity contribution in [2.24, 2.45) is 11.7 Å². The Morgan fingerprint density at radius 2 is 2.09 bits per heavy atom. The summed E-state index contributed by atoms with van der Waals surface area (Å²) in [5, 5.41) is 3.12. The van der Waals surface area contributed by atoms with Gasteiger partial charge in [-0.1, -0.05) is 13.8 Å². The van der Waals surface area contributed by atoms with E-state index in [9.17, 15) is 4.79 Å². The summed E-state index contributed by atoms with van der Waals surface area (Å²) in [4.78, 5) is 22.9. The molecule has 1 aliphatic rings. The largest absolute Gasteiger partial charge is 0.356 e. The molecule has 1 amide bonds. The molecular weight excluding hydrogens is 278 g/mol. The summed E-state index contributed by atoms with van der Waals surface area (Å²) in [6.45, 7) is 7.64. The molecule has 0 bridgehead atoms. The fourth-order valence-electron chi connectivity index (χ4n) is 2.58. The summed E-state index contributed by atoms with van der Waals surface area (Å²) < 4.78 is 0. The maximum absolute atomic E-state index is 12.1. The first kappa shape index (κ1) is 16.7. The van der Waals surface area contributed by atoms with E-state index >= 15 is 0 Å². The number of piperidine rings is 1. The number of nitrogens with one attached hydrogen (secondary N) is 1. The average molecular weight is 305 g/mol. The second-order valence-electron chi connectivity index (χ2n) is 6.14. The fourth-order valence-corrected chi connectivity index (χ4v) is 2.58. The van der Waals surface area contributed by atoms with Gasteiger partial charge in [-0.25, -0.2) is 9.97 Å². The zero-order chi connectivity index (χ0) is 16.1. The SMILES string of the molecule is CCc1cc(N2CCC(NC(=O)C(C)C(C)N)CC2)ncn1. The zero-order valence-corrected chi connectivity index (χ0v) is 13.7. The molecule has 122 valence electrons.